The highest BCUT2D eigenvalue weighted by Crippen LogP contribution is 2.25. The number of anilines is 1. The zero-order valence-electron chi connectivity index (χ0n) is 16.7. The van der Waals surface area contributed by atoms with Gasteiger partial charge in [0.25, 0.3) is 0 Å². The predicted octanol–water partition coefficient (Wildman–Crippen LogP) is 3.53. The van der Waals surface area contributed by atoms with E-state index in [1.54, 1.807) is 18.0 Å². The van der Waals surface area contributed by atoms with Crippen molar-refractivity contribution in [2.45, 2.75) is 58.8 Å². The normalized spacial score (nSPS) is 12.0. The summed E-state index contributed by atoms with van der Waals surface area (Å²) in [7, 11) is 0. The van der Waals surface area contributed by atoms with Crippen LogP contribution >= 0.6 is 23.4 Å². The van der Waals surface area contributed by atoms with E-state index in [9.17, 15) is 4.79 Å². The van der Waals surface area contributed by atoms with Crippen LogP contribution in [0, 0.1) is 5.41 Å². The van der Waals surface area contributed by atoms with Crippen molar-refractivity contribution in [2.24, 2.45) is 5.41 Å². The lowest BCUT2D eigenvalue weighted by Crippen LogP contribution is -2.39. The van der Waals surface area contributed by atoms with Gasteiger partial charge in [0.1, 0.15) is 5.82 Å². The average Bonchev–Trinajstić information content (AvgIpc) is 3.02. The van der Waals surface area contributed by atoms with Crippen LogP contribution in [0.5, 0.6) is 0 Å². The lowest BCUT2D eigenvalue weighted by Gasteiger charge is -2.20. The molecule has 0 aromatic carbocycles. The van der Waals surface area contributed by atoms with E-state index in [4.69, 9.17) is 11.6 Å². The molecule has 0 aliphatic heterocycles. The van der Waals surface area contributed by atoms with E-state index in [-0.39, 0.29) is 17.8 Å². The van der Waals surface area contributed by atoms with Crippen LogP contribution in [0.2, 0.25) is 0 Å². The third kappa shape index (κ3) is 5.72. The van der Waals surface area contributed by atoms with Crippen LogP contribution in [0.1, 0.15) is 41.0 Å². The Hall–Kier alpha value is -1.54. The van der Waals surface area contributed by atoms with Gasteiger partial charge in [-0.05, 0) is 34.1 Å². The van der Waals surface area contributed by atoms with Gasteiger partial charge in [-0.15, -0.1) is 11.6 Å². The Morgan fingerprint density at radius 1 is 1.37 bits per heavy atom. The Bertz CT molecular complexity index is 777. The van der Waals surface area contributed by atoms with Gasteiger partial charge in [-0.1, -0.05) is 18.7 Å². The molecule has 2 aromatic heterocycles. The highest BCUT2D eigenvalue weighted by molar-refractivity contribution is 7.99. The quantitative estimate of drug-likeness (QED) is 0.352. The summed E-state index contributed by atoms with van der Waals surface area (Å²) in [6, 6.07) is 0.257. The Balaban J connectivity index is 2.20. The molecule has 0 saturated carbocycles. The molecule has 2 heterocycles. The van der Waals surface area contributed by atoms with E-state index < -0.39 is 5.41 Å². The largest absolute Gasteiger partial charge is 0.367 e. The van der Waals surface area contributed by atoms with E-state index in [2.05, 4.69) is 46.5 Å². The minimum absolute atomic E-state index is 0.0649. The maximum atomic E-state index is 12.2. The molecule has 2 rings (SSSR count). The first kappa shape index (κ1) is 21.8. The minimum atomic E-state index is -0.589. The zero-order valence-corrected chi connectivity index (χ0v) is 18.2. The van der Waals surface area contributed by atoms with Gasteiger partial charge >= 0.3 is 0 Å². The molecule has 27 heavy (non-hydrogen) atoms. The Kier molecular flexibility index (Phi) is 7.73. The molecule has 0 bridgehead atoms. The summed E-state index contributed by atoms with van der Waals surface area (Å²) in [6.07, 6.45) is 2.83. The lowest BCUT2D eigenvalue weighted by atomic mass is 9.95. The fraction of sp³-hybridized carbons (Fsp3) is 0.667. The number of hydrogen-bond donors (Lipinski definition) is 2. The topological polar surface area (TPSA) is 84.7 Å². The Morgan fingerprint density at radius 3 is 2.74 bits per heavy atom. The predicted molar refractivity (Wildman–Crippen MR) is 113 cm³/mol. The maximum absolute atomic E-state index is 12.2. The Morgan fingerprint density at radius 2 is 2.11 bits per heavy atom. The SMILES string of the molecule is CCCSc1nc(NC(C)C)c2cnn(CCNC(=O)C(C)(C)CCl)c2n1. The summed E-state index contributed by atoms with van der Waals surface area (Å²) in [5.74, 6) is 1.97. The monoisotopic (exact) mass is 412 g/mol. The van der Waals surface area contributed by atoms with Gasteiger partial charge in [-0.25, -0.2) is 14.6 Å². The second kappa shape index (κ2) is 9.59. The number of alkyl halides is 1. The standard InChI is InChI=1S/C18H29ClN6OS/c1-6-9-27-17-23-14(22-12(2)3)13-10-21-25(15(13)24-17)8-7-20-16(26)18(4,5)11-19/h10,12H,6-9,11H2,1-5H3,(H,20,26)(H,22,23,24). The van der Waals surface area contributed by atoms with E-state index >= 15 is 0 Å². The molecular weight excluding hydrogens is 384 g/mol. The smallest absolute Gasteiger partial charge is 0.226 e. The van der Waals surface area contributed by atoms with Gasteiger partial charge in [0.2, 0.25) is 5.91 Å². The molecule has 0 saturated heterocycles. The van der Waals surface area contributed by atoms with Crippen molar-refractivity contribution in [3.05, 3.63) is 6.20 Å². The molecule has 0 aliphatic carbocycles. The summed E-state index contributed by atoms with van der Waals surface area (Å²) in [4.78, 5) is 21.5. The van der Waals surface area contributed by atoms with E-state index in [0.29, 0.717) is 13.1 Å². The number of amides is 1. The summed E-state index contributed by atoms with van der Waals surface area (Å²) >= 11 is 7.49. The average molecular weight is 413 g/mol. The van der Waals surface area contributed by atoms with Crippen LogP contribution in [0.25, 0.3) is 11.0 Å². The molecule has 0 unspecified atom stereocenters. The zero-order chi connectivity index (χ0) is 20.0. The van der Waals surface area contributed by atoms with Crippen molar-refractivity contribution in [3.63, 3.8) is 0 Å². The molecule has 0 fully saturated rings. The second-order valence-electron chi connectivity index (χ2n) is 7.38. The first-order valence-electron chi connectivity index (χ1n) is 9.25. The number of halogens is 1. The summed E-state index contributed by atoms with van der Waals surface area (Å²) in [5, 5.41) is 12.4. The molecule has 0 aliphatic rings. The number of rotatable bonds is 10. The van der Waals surface area contributed by atoms with E-state index in [0.717, 1.165) is 34.2 Å². The van der Waals surface area contributed by atoms with Gasteiger partial charge in [0.05, 0.1) is 23.5 Å². The number of carbonyl (C=O) groups is 1. The number of nitrogens with one attached hydrogen (secondary N) is 2. The van der Waals surface area contributed by atoms with Gasteiger partial charge in [-0.3, -0.25) is 4.79 Å². The van der Waals surface area contributed by atoms with Crippen molar-refractivity contribution >= 4 is 46.1 Å². The van der Waals surface area contributed by atoms with E-state index in [1.807, 2.05) is 18.5 Å². The summed E-state index contributed by atoms with van der Waals surface area (Å²) < 4.78 is 1.81. The molecule has 2 aromatic rings. The second-order valence-corrected chi connectivity index (χ2v) is 8.71. The van der Waals surface area contributed by atoms with Crippen LogP contribution in [-0.2, 0) is 11.3 Å². The van der Waals surface area contributed by atoms with Gasteiger partial charge in [-0.2, -0.15) is 5.10 Å². The van der Waals surface area contributed by atoms with Crippen LogP contribution in [0.4, 0.5) is 5.82 Å². The summed E-state index contributed by atoms with van der Waals surface area (Å²) in [6.45, 7) is 10.9. The number of aromatic nitrogens is 4. The third-order valence-electron chi connectivity index (χ3n) is 3.89. The fourth-order valence-electron chi connectivity index (χ4n) is 2.32. The van der Waals surface area contributed by atoms with Crippen LogP contribution < -0.4 is 10.6 Å². The summed E-state index contributed by atoms with van der Waals surface area (Å²) in [5.41, 5.74) is 0.186. The molecule has 7 nitrogen and oxygen atoms in total. The lowest BCUT2D eigenvalue weighted by molar-refractivity contribution is -0.128. The van der Waals surface area contributed by atoms with Gasteiger partial charge in [0, 0.05) is 24.2 Å². The van der Waals surface area contributed by atoms with Crippen molar-refractivity contribution < 1.29 is 4.79 Å². The van der Waals surface area contributed by atoms with Gasteiger partial charge in [0.15, 0.2) is 10.8 Å². The fourth-order valence-corrected chi connectivity index (χ4v) is 3.13. The van der Waals surface area contributed by atoms with Crippen LogP contribution in [-0.4, -0.2) is 49.9 Å². The van der Waals surface area contributed by atoms with Crippen LogP contribution in [0.3, 0.4) is 0 Å². The number of fused-ring (bicyclic) bond motifs is 1. The number of thioether (sulfide) groups is 1. The van der Waals surface area contributed by atoms with E-state index in [1.165, 1.54) is 0 Å². The van der Waals surface area contributed by atoms with Crippen LogP contribution in [0.15, 0.2) is 11.4 Å². The molecule has 2 N–H and O–H groups in total. The van der Waals surface area contributed by atoms with Crippen molar-refractivity contribution in [2.75, 3.05) is 23.5 Å². The molecule has 9 heteroatoms. The van der Waals surface area contributed by atoms with Crippen molar-refractivity contribution in [1.82, 2.24) is 25.1 Å². The minimum Gasteiger partial charge on any atom is -0.367 e. The molecule has 0 radical (unpaired) electrons. The highest BCUT2D eigenvalue weighted by Gasteiger charge is 2.26. The first-order valence-corrected chi connectivity index (χ1v) is 10.8. The number of nitrogens with zero attached hydrogens (tertiary/aromatic N) is 4. The van der Waals surface area contributed by atoms with Crippen molar-refractivity contribution in [3.8, 4) is 0 Å². The molecular formula is C18H29ClN6OS. The van der Waals surface area contributed by atoms with Crippen molar-refractivity contribution in [1.29, 1.82) is 0 Å². The molecule has 1 amide bonds. The third-order valence-corrected chi connectivity index (χ3v) is 5.62. The number of carbonyl (C=O) groups excluding carboxylic acids is 1. The Labute approximate surface area is 170 Å². The number of hydrogen-bond acceptors (Lipinski definition) is 6. The maximum Gasteiger partial charge on any atom is 0.226 e. The molecule has 150 valence electrons. The molecule has 0 spiro atoms. The van der Waals surface area contributed by atoms with Gasteiger partial charge < -0.3 is 10.6 Å². The first-order chi connectivity index (χ1) is 12.8. The molecule has 0 atom stereocenters. The highest BCUT2D eigenvalue weighted by atomic mass is 35.5.